The minimum atomic E-state index is -4.62. The van der Waals surface area contributed by atoms with Crippen LogP contribution in [-0.2, 0) is 10.9 Å². The van der Waals surface area contributed by atoms with Crippen LogP contribution in [0, 0.1) is 6.92 Å². The number of alkyl halides is 3. The number of benzene rings is 2. The number of rotatable bonds is 4. The number of halogens is 3. The number of aromatic nitrogens is 2. The Balaban J connectivity index is 1.59. The highest BCUT2D eigenvalue weighted by Crippen LogP contribution is 2.37. The van der Waals surface area contributed by atoms with E-state index in [1.807, 2.05) is 13.8 Å². The first kappa shape index (κ1) is 24.7. The van der Waals surface area contributed by atoms with Crippen molar-refractivity contribution in [3.8, 4) is 0 Å². The zero-order valence-electron chi connectivity index (χ0n) is 19.9. The number of nitrogens with zero attached hydrogens (tertiary/aromatic N) is 2. The fraction of sp³-hybridized carbons (Fsp3) is 0.400. The third-order valence-corrected chi connectivity index (χ3v) is 5.99. The van der Waals surface area contributed by atoms with E-state index in [1.165, 1.54) is 13.0 Å². The smallest absolute Gasteiger partial charge is 0.379 e. The van der Waals surface area contributed by atoms with Gasteiger partial charge in [0, 0.05) is 30.4 Å². The van der Waals surface area contributed by atoms with E-state index in [0.29, 0.717) is 24.3 Å². The number of amides is 1. The first-order valence-corrected chi connectivity index (χ1v) is 11.4. The molecule has 0 saturated carbocycles. The lowest BCUT2D eigenvalue weighted by Gasteiger charge is -2.35. The molecule has 1 aliphatic rings. The first-order chi connectivity index (χ1) is 16.4. The molecule has 4 rings (SSSR count). The van der Waals surface area contributed by atoms with Gasteiger partial charge >= 0.3 is 6.18 Å². The summed E-state index contributed by atoms with van der Waals surface area (Å²) in [6.45, 7) is 7.92. The molecule has 1 aromatic heterocycles. The van der Waals surface area contributed by atoms with Crippen molar-refractivity contribution < 1.29 is 22.7 Å². The van der Waals surface area contributed by atoms with Gasteiger partial charge < -0.3 is 19.9 Å². The molecule has 7 nitrogen and oxygen atoms in total. The predicted molar refractivity (Wildman–Crippen MR) is 126 cm³/mol. The number of fused-ring (bicyclic) bond motifs is 1. The number of morpholine rings is 1. The number of nitrogens with one attached hydrogen (secondary N) is 2. The van der Waals surface area contributed by atoms with E-state index in [0.717, 1.165) is 6.07 Å². The van der Waals surface area contributed by atoms with E-state index in [4.69, 9.17) is 4.74 Å². The molecular formula is C25H27F3N4O3. The molecule has 1 amide bonds. The Labute approximate surface area is 200 Å². The van der Waals surface area contributed by atoms with Crippen LogP contribution >= 0.6 is 0 Å². The Kier molecular flexibility index (Phi) is 6.59. The largest absolute Gasteiger partial charge is 0.416 e. The molecular weight excluding hydrogens is 461 g/mol. The lowest BCUT2D eigenvalue weighted by Crippen LogP contribution is -2.48. The summed E-state index contributed by atoms with van der Waals surface area (Å²) in [5.74, 6) is 0.118. The second-order valence-electron chi connectivity index (χ2n) is 9.02. The molecule has 0 unspecified atom stereocenters. The second kappa shape index (κ2) is 9.33. The van der Waals surface area contributed by atoms with E-state index in [1.54, 1.807) is 36.1 Å². The van der Waals surface area contributed by atoms with Gasteiger partial charge in [-0.3, -0.25) is 9.59 Å². The number of hydrogen-bond acceptors (Lipinski definition) is 5. The maximum Gasteiger partial charge on any atom is 0.416 e. The van der Waals surface area contributed by atoms with Crippen molar-refractivity contribution in [2.45, 2.75) is 52.1 Å². The fourth-order valence-corrected chi connectivity index (χ4v) is 4.49. The van der Waals surface area contributed by atoms with Crippen LogP contribution in [0.1, 0.15) is 54.1 Å². The van der Waals surface area contributed by atoms with Crippen LogP contribution in [0.15, 0.2) is 41.2 Å². The quantitative estimate of drug-likeness (QED) is 0.557. The lowest BCUT2D eigenvalue weighted by atomic mass is 9.98. The topological polar surface area (TPSA) is 87.3 Å². The molecule has 1 fully saturated rings. The molecule has 0 spiro atoms. The Bertz CT molecular complexity index is 1290. The van der Waals surface area contributed by atoms with E-state index in [9.17, 15) is 22.8 Å². The number of H-pyrrole nitrogens is 1. The highest BCUT2D eigenvalue weighted by atomic mass is 19.4. The zero-order valence-corrected chi connectivity index (χ0v) is 19.9. The molecule has 0 aliphatic carbocycles. The van der Waals surface area contributed by atoms with Crippen molar-refractivity contribution in [2.75, 3.05) is 18.4 Å². The highest BCUT2D eigenvalue weighted by molar-refractivity contribution is 5.94. The number of carbonyl (C=O) groups is 1. The number of anilines is 1. The summed E-state index contributed by atoms with van der Waals surface area (Å²) in [5.41, 5.74) is -0.406. The zero-order chi connectivity index (χ0) is 25.5. The predicted octanol–water partition coefficient (Wildman–Crippen LogP) is 4.67. The standard InChI is InChI=1S/C25H27F3N4O3/c1-13-11-32(12-14(2)35-13)24(34)17-5-7-18(8-6-17)29-15(3)19-9-20-22(10-21(19)25(26,27)28)30-16(4)31-23(20)33/h5-10,13-15,29H,11-12H2,1-4H3,(H,30,31,33)/t13-,14-,15-/m0/s1. The number of aryl methyl sites for hydroxylation is 1. The van der Waals surface area contributed by atoms with Crippen molar-refractivity contribution in [3.63, 3.8) is 0 Å². The third-order valence-electron chi connectivity index (χ3n) is 5.99. The van der Waals surface area contributed by atoms with Gasteiger partial charge in [-0.25, -0.2) is 4.98 Å². The van der Waals surface area contributed by atoms with Crippen molar-refractivity contribution in [2.24, 2.45) is 0 Å². The van der Waals surface area contributed by atoms with Gasteiger partial charge in [0.2, 0.25) is 0 Å². The van der Waals surface area contributed by atoms with Crippen LogP contribution < -0.4 is 10.9 Å². The molecule has 0 bridgehead atoms. The van der Waals surface area contributed by atoms with Gasteiger partial charge in [-0.1, -0.05) is 0 Å². The van der Waals surface area contributed by atoms with Crippen LogP contribution in [-0.4, -0.2) is 46.1 Å². The van der Waals surface area contributed by atoms with Gasteiger partial charge in [-0.15, -0.1) is 0 Å². The van der Waals surface area contributed by atoms with Crippen LogP contribution in [0.2, 0.25) is 0 Å². The molecule has 1 aliphatic heterocycles. The number of carbonyl (C=O) groups excluding carboxylic acids is 1. The molecule has 2 heterocycles. The summed E-state index contributed by atoms with van der Waals surface area (Å²) in [7, 11) is 0. The molecule has 10 heteroatoms. The maximum atomic E-state index is 13.9. The Morgan fingerprint density at radius 2 is 1.80 bits per heavy atom. The lowest BCUT2D eigenvalue weighted by molar-refractivity contribution is -0.138. The maximum absolute atomic E-state index is 13.9. The van der Waals surface area contributed by atoms with Gasteiger partial charge in [-0.05, 0) is 69.7 Å². The number of ether oxygens (including phenoxy) is 1. The van der Waals surface area contributed by atoms with Crippen LogP contribution in [0.3, 0.4) is 0 Å². The molecule has 0 radical (unpaired) electrons. The first-order valence-electron chi connectivity index (χ1n) is 11.4. The van der Waals surface area contributed by atoms with Crippen molar-refractivity contribution in [1.82, 2.24) is 14.9 Å². The Hall–Kier alpha value is -3.40. The van der Waals surface area contributed by atoms with Crippen molar-refractivity contribution >= 4 is 22.5 Å². The molecule has 3 atom stereocenters. The summed E-state index contributed by atoms with van der Waals surface area (Å²) < 4.78 is 47.2. The number of aromatic amines is 1. The monoisotopic (exact) mass is 488 g/mol. The average Bonchev–Trinajstić information content (AvgIpc) is 2.77. The van der Waals surface area contributed by atoms with Crippen LogP contribution in [0.4, 0.5) is 18.9 Å². The van der Waals surface area contributed by atoms with E-state index in [-0.39, 0.29) is 40.4 Å². The fourth-order valence-electron chi connectivity index (χ4n) is 4.49. The summed E-state index contributed by atoms with van der Waals surface area (Å²) >= 11 is 0. The van der Waals surface area contributed by atoms with Crippen molar-refractivity contribution in [1.29, 1.82) is 0 Å². The van der Waals surface area contributed by atoms with E-state index < -0.39 is 23.3 Å². The Morgan fingerprint density at radius 1 is 1.17 bits per heavy atom. The normalized spacial score (nSPS) is 19.6. The van der Waals surface area contributed by atoms with Gasteiger partial charge in [-0.2, -0.15) is 13.2 Å². The summed E-state index contributed by atoms with van der Waals surface area (Å²) in [6.07, 6.45) is -4.73. The Morgan fingerprint density at radius 3 is 2.40 bits per heavy atom. The van der Waals surface area contributed by atoms with Crippen molar-refractivity contribution in [3.05, 3.63) is 69.3 Å². The molecule has 3 aromatic rings. The van der Waals surface area contributed by atoms with Crippen LogP contribution in [0.25, 0.3) is 10.9 Å². The summed E-state index contributed by atoms with van der Waals surface area (Å²) in [6, 6.07) is 7.97. The van der Waals surface area contributed by atoms with Gasteiger partial charge in [0.05, 0.1) is 28.7 Å². The SMILES string of the molecule is Cc1nc2cc(C(F)(F)F)c([C@H](C)Nc3ccc(C(=O)N4C[C@H](C)O[C@@H](C)C4)cc3)cc2c(=O)[nH]1. The van der Waals surface area contributed by atoms with Gasteiger partial charge in [0.1, 0.15) is 5.82 Å². The minimum absolute atomic E-state index is 0.0101. The second-order valence-corrected chi connectivity index (χ2v) is 9.02. The minimum Gasteiger partial charge on any atom is -0.379 e. The van der Waals surface area contributed by atoms with E-state index >= 15 is 0 Å². The van der Waals surface area contributed by atoms with Crippen LogP contribution in [0.5, 0.6) is 0 Å². The van der Waals surface area contributed by atoms with E-state index in [2.05, 4.69) is 15.3 Å². The number of hydrogen-bond donors (Lipinski definition) is 2. The summed E-state index contributed by atoms with van der Waals surface area (Å²) in [4.78, 5) is 33.5. The molecule has 2 N–H and O–H groups in total. The molecule has 35 heavy (non-hydrogen) atoms. The molecule has 2 aromatic carbocycles. The highest BCUT2D eigenvalue weighted by Gasteiger charge is 2.35. The third kappa shape index (κ3) is 5.32. The van der Waals surface area contributed by atoms with Gasteiger partial charge in [0.15, 0.2) is 0 Å². The summed E-state index contributed by atoms with van der Waals surface area (Å²) in [5, 5.41) is 3.13. The molecule has 186 valence electrons. The van der Waals surface area contributed by atoms with Gasteiger partial charge in [0.25, 0.3) is 11.5 Å². The average molecular weight is 489 g/mol. The molecule has 1 saturated heterocycles.